The van der Waals surface area contributed by atoms with Crippen molar-refractivity contribution >= 4 is 21.6 Å². The van der Waals surface area contributed by atoms with E-state index in [2.05, 4.69) is 5.32 Å². The van der Waals surface area contributed by atoms with Crippen molar-refractivity contribution in [3.8, 4) is 5.75 Å². The lowest BCUT2D eigenvalue weighted by molar-refractivity contribution is -0.116. The van der Waals surface area contributed by atoms with Gasteiger partial charge in [-0.2, -0.15) is 0 Å². The van der Waals surface area contributed by atoms with Gasteiger partial charge in [0.05, 0.1) is 7.11 Å². The highest BCUT2D eigenvalue weighted by molar-refractivity contribution is 7.89. The van der Waals surface area contributed by atoms with Crippen LogP contribution in [0.25, 0.3) is 0 Å². The molecule has 0 atom stereocenters. The number of hydrogen-bond acceptors (Lipinski definition) is 4. The molecule has 0 aliphatic heterocycles. The minimum atomic E-state index is -3.65. The van der Waals surface area contributed by atoms with E-state index in [1.54, 1.807) is 12.1 Å². The fourth-order valence-corrected chi connectivity index (χ4v) is 4.48. The van der Waals surface area contributed by atoms with Crippen molar-refractivity contribution < 1.29 is 17.9 Å². The number of rotatable bonds is 8. The third-order valence-corrected chi connectivity index (χ3v) is 6.78. The molecule has 7 heteroatoms. The van der Waals surface area contributed by atoms with Gasteiger partial charge in [0, 0.05) is 26.2 Å². The second kappa shape index (κ2) is 9.37. The molecule has 0 saturated heterocycles. The van der Waals surface area contributed by atoms with Gasteiger partial charge in [-0.25, -0.2) is 12.7 Å². The van der Waals surface area contributed by atoms with Gasteiger partial charge in [0.25, 0.3) is 0 Å². The summed E-state index contributed by atoms with van der Waals surface area (Å²) >= 11 is 0. The highest BCUT2D eigenvalue weighted by atomic mass is 32.2. The van der Waals surface area contributed by atoms with E-state index in [1.807, 2.05) is 0 Å². The number of carbonyl (C=O) groups excluding carboxylic acids is 1. The van der Waals surface area contributed by atoms with Gasteiger partial charge in [0.15, 0.2) is 0 Å². The number of anilines is 1. The molecule has 1 aromatic carbocycles. The topological polar surface area (TPSA) is 75.7 Å². The SMILES string of the molecule is COc1ccc(NC(=O)CCCC2CCCCC2)cc1S(=O)(=O)N(C)C. The molecule has 0 bridgehead atoms. The Labute approximate surface area is 157 Å². The maximum Gasteiger partial charge on any atom is 0.246 e. The molecule has 6 nitrogen and oxygen atoms in total. The van der Waals surface area contributed by atoms with Crippen LogP contribution in [-0.4, -0.2) is 39.8 Å². The lowest BCUT2D eigenvalue weighted by Crippen LogP contribution is -2.23. The number of amides is 1. The zero-order chi connectivity index (χ0) is 19.2. The van der Waals surface area contributed by atoms with Crippen molar-refractivity contribution in [1.29, 1.82) is 0 Å². The largest absolute Gasteiger partial charge is 0.495 e. The number of hydrogen-bond donors (Lipinski definition) is 1. The van der Waals surface area contributed by atoms with Crippen molar-refractivity contribution in [2.45, 2.75) is 56.3 Å². The van der Waals surface area contributed by atoms with Gasteiger partial charge in [-0.05, 0) is 37.0 Å². The van der Waals surface area contributed by atoms with Crippen LogP contribution in [0.4, 0.5) is 5.69 Å². The normalized spacial score (nSPS) is 15.8. The first kappa shape index (κ1) is 20.7. The van der Waals surface area contributed by atoms with Gasteiger partial charge in [0.1, 0.15) is 10.6 Å². The zero-order valence-corrected chi connectivity index (χ0v) is 16.8. The molecule has 0 aromatic heterocycles. The lowest BCUT2D eigenvalue weighted by Gasteiger charge is -2.21. The van der Waals surface area contributed by atoms with E-state index in [4.69, 9.17) is 4.74 Å². The first-order valence-corrected chi connectivity index (χ1v) is 10.7. The van der Waals surface area contributed by atoms with Crippen LogP contribution in [0.1, 0.15) is 51.4 Å². The second-order valence-corrected chi connectivity index (χ2v) is 9.22. The summed E-state index contributed by atoms with van der Waals surface area (Å²) in [5.74, 6) is 0.933. The third-order valence-electron chi connectivity index (χ3n) is 4.95. The molecule has 146 valence electrons. The number of ether oxygens (including phenoxy) is 1. The highest BCUT2D eigenvalue weighted by Gasteiger charge is 2.23. The van der Waals surface area contributed by atoms with Crippen molar-refractivity contribution in [3.05, 3.63) is 18.2 Å². The molecule has 1 N–H and O–H groups in total. The third kappa shape index (κ3) is 5.45. The second-order valence-electron chi connectivity index (χ2n) is 7.10. The summed E-state index contributed by atoms with van der Waals surface area (Å²) in [6.07, 6.45) is 8.95. The molecular formula is C19H30N2O4S. The van der Waals surface area contributed by atoms with E-state index in [0.717, 1.165) is 23.1 Å². The molecule has 0 spiro atoms. The molecule has 0 unspecified atom stereocenters. The van der Waals surface area contributed by atoms with Crippen LogP contribution < -0.4 is 10.1 Å². The molecular weight excluding hydrogens is 352 g/mol. The molecule has 1 amide bonds. The summed E-state index contributed by atoms with van der Waals surface area (Å²) in [5, 5.41) is 2.80. The van der Waals surface area contributed by atoms with Crippen LogP contribution in [0.15, 0.2) is 23.1 Å². The van der Waals surface area contributed by atoms with Crippen molar-refractivity contribution in [3.63, 3.8) is 0 Å². The van der Waals surface area contributed by atoms with Crippen LogP contribution >= 0.6 is 0 Å². The predicted molar refractivity (Wildman–Crippen MR) is 103 cm³/mol. The standard InChI is InChI=1S/C19H30N2O4S/c1-21(2)26(23,24)18-14-16(12-13-17(18)25-3)20-19(22)11-7-10-15-8-5-4-6-9-15/h12-15H,4-11H2,1-3H3,(H,20,22). The van der Waals surface area contributed by atoms with Crippen molar-refractivity contribution in [2.75, 3.05) is 26.5 Å². The minimum Gasteiger partial charge on any atom is -0.495 e. The molecule has 1 aliphatic carbocycles. The van der Waals surface area contributed by atoms with E-state index in [1.165, 1.54) is 59.4 Å². The number of nitrogens with zero attached hydrogens (tertiary/aromatic N) is 1. The molecule has 26 heavy (non-hydrogen) atoms. The molecule has 2 rings (SSSR count). The minimum absolute atomic E-state index is 0.0463. The average molecular weight is 383 g/mol. The molecule has 1 fully saturated rings. The Kier molecular flexibility index (Phi) is 7.46. The van der Waals surface area contributed by atoms with Gasteiger partial charge in [0.2, 0.25) is 15.9 Å². The van der Waals surface area contributed by atoms with E-state index < -0.39 is 10.0 Å². The van der Waals surface area contributed by atoms with Crippen molar-refractivity contribution in [1.82, 2.24) is 4.31 Å². The Morgan fingerprint density at radius 1 is 1.23 bits per heavy atom. The number of methoxy groups -OCH3 is 1. The highest BCUT2D eigenvalue weighted by Crippen LogP contribution is 2.30. The van der Waals surface area contributed by atoms with Gasteiger partial charge in [-0.3, -0.25) is 4.79 Å². The maximum absolute atomic E-state index is 12.4. The smallest absolute Gasteiger partial charge is 0.246 e. The van der Waals surface area contributed by atoms with Crippen LogP contribution in [0.3, 0.4) is 0 Å². The van der Waals surface area contributed by atoms with Crippen molar-refractivity contribution in [2.24, 2.45) is 5.92 Å². The lowest BCUT2D eigenvalue weighted by atomic mass is 9.86. The Morgan fingerprint density at radius 3 is 2.54 bits per heavy atom. The van der Waals surface area contributed by atoms with Gasteiger partial charge >= 0.3 is 0 Å². The fraction of sp³-hybridized carbons (Fsp3) is 0.632. The Morgan fingerprint density at radius 2 is 1.92 bits per heavy atom. The zero-order valence-electron chi connectivity index (χ0n) is 16.0. The number of carbonyl (C=O) groups is 1. The summed E-state index contributed by atoms with van der Waals surface area (Å²) in [6.45, 7) is 0. The summed E-state index contributed by atoms with van der Waals surface area (Å²) in [7, 11) is 0.699. The van der Waals surface area contributed by atoms with Gasteiger partial charge in [-0.15, -0.1) is 0 Å². The first-order chi connectivity index (χ1) is 12.3. The average Bonchev–Trinajstić information content (AvgIpc) is 2.62. The molecule has 0 heterocycles. The van der Waals surface area contributed by atoms with Gasteiger partial charge in [-0.1, -0.05) is 32.1 Å². The maximum atomic E-state index is 12.4. The van der Waals surface area contributed by atoms with E-state index in [-0.39, 0.29) is 16.6 Å². The summed E-state index contributed by atoms with van der Waals surface area (Å²) in [4.78, 5) is 12.2. The fourth-order valence-electron chi connectivity index (χ4n) is 3.40. The first-order valence-electron chi connectivity index (χ1n) is 9.25. The van der Waals surface area contributed by atoms with E-state index in [0.29, 0.717) is 12.1 Å². The quantitative estimate of drug-likeness (QED) is 0.745. The van der Waals surface area contributed by atoms with E-state index >= 15 is 0 Å². The van der Waals surface area contributed by atoms with Crippen LogP contribution in [-0.2, 0) is 14.8 Å². The molecule has 0 radical (unpaired) electrons. The van der Waals surface area contributed by atoms with Gasteiger partial charge < -0.3 is 10.1 Å². The van der Waals surface area contributed by atoms with Crippen LogP contribution in [0.2, 0.25) is 0 Å². The number of nitrogens with one attached hydrogen (secondary N) is 1. The summed E-state index contributed by atoms with van der Waals surface area (Å²) in [5.41, 5.74) is 0.467. The summed E-state index contributed by atoms with van der Waals surface area (Å²) in [6, 6.07) is 4.67. The van der Waals surface area contributed by atoms with Crippen LogP contribution in [0.5, 0.6) is 5.75 Å². The monoisotopic (exact) mass is 382 g/mol. The number of benzene rings is 1. The predicted octanol–water partition coefficient (Wildman–Crippen LogP) is 3.63. The molecule has 1 saturated carbocycles. The molecule has 1 aromatic rings. The Hall–Kier alpha value is -1.60. The van der Waals surface area contributed by atoms with Crippen LogP contribution in [0, 0.1) is 5.92 Å². The Balaban J connectivity index is 1.97. The van der Waals surface area contributed by atoms with E-state index in [9.17, 15) is 13.2 Å². The Bertz CT molecular complexity index is 710. The molecule has 1 aliphatic rings. The number of sulfonamides is 1. The summed E-state index contributed by atoms with van der Waals surface area (Å²) < 4.78 is 31.1.